The van der Waals surface area contributed by atoms with Gasteiger partial charge in [-0.2, -0.15) is 0 Å². The molecule has 1 amide bonds. The van der Waals surface area contributed by atoms with Crippen molar-refractivity contribution < 1.29 is 14.3 Å². The molecule has 0 atom stereocenters. The van der Waals surface area contributed by atoms with E-state index in [1.165, 1.54) is 18.3 Å². The van der Waals surface area contributed by atoms with Crippen LogP contribution < -0.4 is 5.32 Å². The van der Waals surface area contributed by atoms with E-state index >= 15 is 0 Å². The summed E-state index contributed by atoms with van der Waals surface area (Å²) in [4.78, 5) is 27.1. The van der Waals surface area contributed by atoms with Crippen molar-refractivity contribution >= 4 is 38.6 Å². The van der Waals surface area contributed by atoms with Crippen LogP contribution in [0.15, 0.2) is 18.2 Å². The van der Waals surface area contributed by atoms with Crippen LogP contribution in [0.2, 0.25) is 0 Å². The fraction of sp³-hybridized carbons (Fsp3) is 0.357. The molecule has 0 aliphatic rings. The fourth-order valence-corrected chi connectivity index (χ4v) is 2.60. The van der Waals surface area contributed by atoms with Crippen LogP contribution in [0.25, 0.3) is 10.2 Å². The molecule has 0 radical (unpaired) electrons. The number of esters is 1. The lowest BCUT2D eigenvalue weighted by Gasteiger charge is -2.03. The molecule has 1 aromatic heterocycles. The maximum atomic E-state index is 11.8. The van der Waals surface area contributed by atoms with Crippen LogP contribution in [0.3, 0.4) is 0 Å². The Bertz CT molecular complexity index is 636. The fourth-order valence-electron chi connectivity index (χ4n) is 1.65. The molecule has 0 aliphatic carbocycles. The van der Waals surface area contributed by atoms with E-state index in [1.54, 1.807) is 18.2 Å². The smallest absolute Gasteiger partial charge is 0.338 e. The summed E-state index contributed by atoms with van der Waals surface area (Å²) in [6, 6.07) is 5.19. The number of amides is 1. The third-order valence-corrected chi connectivity index (χ3v) is 3.57. The maximum Gasteiger partial charge on any atom is 0.338 e. The Morgan fingerprint density at radius 1 is 1.40 bits per heavy atom. The van der Waals surface area contributed by atoms with Crippen LogP contribution in [0.1, 0.15) is 37.0 Å². The molecule has 0 aliphatic heterocycles. The van der Waals surface area contributed by atoms with Crippen LogP contribution in [-0.2, 0) is 9.53 Å². The van der Waals surface area contributed by atoms with Crippen LogP contribution in [0.5, 0.6) is 0 Å². The molecule has 1 heterocycles. The lowest BCUT2D eigenvalue weighted by Crippen LogP contribution is -2.05. The van der Waals surface area contributed by atoms with Gasteiger partial charge in [-0.1, -0.05) is 24.7 Å². The minimum atomic E-state index is -0.324. The normalized spacial score (nSPS) is 10.5. The number of carbonyl (C=O) groups excluding carboxylic acids is 2. The maximum absolute atomic E-state index is 11.8. The molecule has 1 N–H and O–H groups in total. The number of rotatable bonds is 5. The third-order valence-electron chi connectivity index (χ3n) is 2.64. The first-order valence-corrected chi connectivity index (χ1v) is 7.27. The second-order valence-corrected chi connectivity index (χ2v) is 5.40. The van der Waals surface area contributed by atoms with Gasteiger partial charge >= 0.3 is 5.97 Å². The molecule has 0 unspecified atom stereocenters. The summed E-state index contributed by atoms with van der Waals surface area (Å²) in [6.45, 7) is 3.91. The largest absolute Gasteiger partial charge is 0.462 e. The Morgan fingerprint density at radius 3 is 2.90 bits per heavy atom. The highest BCUT2D eigenvalue weighted by atomic mass is 32.1. The van der Waals surface area contributed by atoms with Gasteiger partial charge in [0.15, 0.2) is 5.13 Å². The molecule has 0 saturated heterocycles. The number of benzene rings is 1. The molecule has 2 rings (SSSR count). The van der Waals surface area contributed by atoms with E-state index in [1.807, 2.05) is 6.92 Å². The van der Waals surface area contributed by atoms with E-state index in [-0.39, 0.29) is 11.9 Å². The van der Waals surface area contributed by atoms with E-state index in [0.717, 1.165) is 23.1 Å². The molecule has 1 aromatic carbocycles. The highest BCUT2D eigenvalue weighted by Gasteiger charge is 2.11. The first-order valence-electron chi connectivity index (χ1n) is 6.45. The van der Waals surface area contributed by atoms with Crippen LogP contribution in [-0.4, -0.2) is 23.5 Å². The number of unbranched alkanes of at least 4 members (excludes halogenated alkanes) is 1. The molecule has 2 aromatic rings. The zero-order valence-corrected chi connectivity index (χ0v) is 12.3. The van der Waals surface area contributed by atoms with E-state index in [2.05, 4.69) is 10.3 Å². The number of hydrogen-bond donors (Lipinski definition) is 1. The summed E-state index contributed by atoms with van der Waals surface area (Å²) in [6.07, 6.45) is 1.85. The molecule has 106 valence electrons. The Kier molecular flexibility index (Phi) is 4.68. The Balaban J connectivity index is 2.16. The number of nitrogens with zero attached hydrogens (tertiary/aromatic N) is 1. The minimum Gasteiger partial charge on any atom is -0.462 e. The molecule has 0 saturated carbocycles. The second-order valence-electron chi connectivity index (χ2n) is 4.37. The molecule has 0 spiro atoms. The standard InChI is InChI=1S/C14H16N2O3S/c1-3-4-7-19-13(18)10-5-6-11-12(8-10)20-14(16-11)15-9(2)17/h5-6,8H,3-4,7H2,1-2H3,(H,15,16,17). The predicted octanol–water partition coefficient (Wildman–Crippen LogP) is 3.21. The van der Waals surface area contributed by atoms with Gasteiger partial charge in [-0.15, -0.1) is 0 Å². The third kappa shape index (κ3) is 3.54. The number of carbonyl (C=O) groups is 2. The van der Waals surface area contributed by atoms with Crippen LogP contribution in [0, 0.1) is 0 Å². The second kappa shape index (κ2) is 6.47. The summed E-state index contributed by atoms with van der Waals surface area (Å²) in [7, 11) is 0. The van der Waals surface area contributed by atoms with Gasteiger partial charge in [0.2, 0.25) is 5.91 Å². The van der Waals surface area contributed by atoms with Crippen molar-refractivity contribution in [1.29, 1.82) is 0 Å². The van der Waals surface area contributed by atoms with Gasteiger partial charge in [0.1, 0.15) is 0 Å². The number of fused-ring (bicyclic) bond motifs is 1. The summed E-state index contributed by atoms with van der Waals surface area (Å²) in [5.74, 6) is -0.488. The molecular weight excluding hydrogens is 276 g/mol. The van der Waals surface area contributed by atoms with Gasteiger partial charge in [0, 0.05) is 6.92 Å². The number of hydrogen-bond acceptors (Lipinski definition) is 5. The molecular formula is C14H16N2O3S. The van der Waals surface area contributed by atoms with Crippen LogP contribution >= 0.6 is 11.3 Å². The van der Waals surface area contributed by atoms with E-state index in [9.17, 15) is 9.59 Å². The lowest BCUT2D eigenvalue weighted by atomic mass is 10.2. The minimum absolute atomic E-state index is 0.164. The van der Waals surface area contributed by atoms with Gasteiger partial charge in [-0.3, -0.25) is 4.79 Å². The topological polar surface area (TPSA) is 68.3 Å². The average Bonchev–Trinajstić information content (AvgIpc) is 2.78. The van der Waals surface area contributed by atoms with Crippen molar-refractivity contribution in [3.8, 4) is 0 Å². The molecule has 6 heteroatoms. The van der Waals surface area contributed by atoms with Gasteiger partial charge < -0.3 is 10.1 Å². The quantitative estimate of drug-likeness (QED) is 0.678. The van der Waals surface area contributed by atoms with E-state index in [4.69, 9.17) is 4.74 Å². The number of anilines is 1. The summed E-state index contributed by atoms with van der Waals surface area (Å²) in [5, 5.41) is 3.17. The first kappa shape index (κ1) is 14.5. The highest BCUT2D eigenvalue weighted by Crippen LogP contribution is 2.27. The van der Waals surface area contributed by atoms with Crippen molar-refractivity contribution in [1.82, 2.24) is 4.98 Å². The first-order chi connectivity index (χ1) is 9.60. The van der Waals surface area contributed by atoms with E-state index in [0.29, 0.717) is 17.3 Å². The van der Waals surface area contributed by atoms with Crippen LogP contribution in [0.4, 0.5) is 5.13 Å². The monoisotopic (exact) mass is 292 g/mol. The summed E-state index contributed by atoms with van der Waals surface area (Å²) in [5.41, 5.74) is 1.26. The molecule has 0 bridgehead atoms. The SMILES string of the molecule is CCCCOC(=O)c1ccc2nc(NC(C)=O)sc2c1. The van der Waals surface area contributed by atoms with Gasteiger partial charge in [0.05, 0.1) is 22.4 Å². The van der Waals surface area contributed by atoms with Crippen molar-refractivity contribution in [2.45, 2.75) is 26.7 Å². The number of ether oxygens (including phenoxy) is 1. The lowest BCUT2D eigenvalue weighted by molar-refractivity contribution is -0.114. The predicted molar refractivity (Wildman–Crippen MR) is 79.1 cm³/mol. The molecule has 20 heavy (non-hydrogen) atoms. The summed E-state index contributed by atoms with van der Waals surface area (Å²) >= 11 is 1.33. The zero-order valence-electron chi connectivity index (χ0n) is 11.4. The average molecular weight is 292 g/mol. The number of thiazole rings is 1. The van der Waals surface area contributed by atoms with Crippen molar-refractivity contribution in [2.24, 2.45) is 0 Å². The number of nitrogens with one attached hydrogen (secondary N) is 1. The zero-order chi connectivity index (χ0) is 14.5. The van der Waals surface area contributed by atoms with E-state index < -0.39 is 0 Å². The van der Waals surface area contributed by atoms with Gasteiger partial charge in [-0.25, -0.2) is 9.78 Å². The number of aromatic nitrogens is 1. The summed E-state index contributed by atoms with van der Waals surface area (Å²) < 4.78 is 6.01. The van der Waals surface area contributed by atoms with Crippen molar-refractivity contribution in [3.63, 3.8) is 0 Å². The van der Waals surface area contributed by atoms with Crippen molar-refractivity contribution in [2.75, 3.05) is 11.9 Å². The highest BCUT2D eigenvalue weighted by molar-refractivity contribution is 7.22. The molecule has 5 nitrogen and oxygen atoms in total. The Labute approximate surface area is 121 Å². The molecule has 0 fully saturated rings. The Hall–Kier alpha value is -1.95. The Morgan fingerprint density at radius 2 is 2.20 bits per heavy atom. The van der Waals surface area contributed by atoms with Gasteiger partial charge in [0.25, 0.3) is 0 Å². The van der Waals surface area contributed by atoms with Crippen molar-refractivity contribution in [3.05, 3.63) is 23.8 Å². The van der Waals surface area contributed by atoms with Gasteiger partial charge in [-0.05, 0) is 24.6 Å².